The molecule has 2 heterocycles. The predicted molar refractivity (Wildman–Crippen MR) is 75.2 cm³/mol. The third-order valence-corrected chi connectivity index (χ3v) is 3.59. The van der Waals surface area contributed by atoms with Gasteiger partial charge in [0.1, 0.15) is 11.5 Å². The fourth-order valence-corrected chi connectivity index (χ4v) is 2.43. The number of hydrogen-bond donors (Lipinski definition) is 1. The summed E-state index contributed by atoms with van der Waals surface area (Å²) in [5, 5.41) is 13.9. The molecule has 0 radical (unpaired) electrons. The summed E-state index contributed by atoms with van der Waals surface area (Å²) in [6.45, 7) is 0.798. The first-order valence-corrected chi connectivity index (χ1v) is 7.08. The van der Waals surface area contributed by atoms with Crippen molar-refractivity contribution < 1.29 is 19.1 Å². The molecule has 21 heavy (non-hydrogen) atoms. The van der Waals surface area contributed by atoms with Crippen LogP contribution in [0, 0.1) is 0 Å². The van der Waals surface area contributed by atoms with Crippen LogP contribution in [0.2, 0.25) is 0 Å². The van der Waals surface area contributed by atoms with E-state index in [1.165, 1.54) is 6.42 Å². The Kier molecular flexibility index (Phi) is 4.06. The largest absolute Gasteiger partial charge is 0.507 e. The second kappa shape index (κ2) is 6.13. The van der Waals surface area contributed by atoms with Crippen LogP contribution >= 0.6 is 0 Å². The molecular weight excluding hydrogens is 272 g/mol. The minimum atomic E-state index is 0.0833. The number of aromatic hydroxyl groups is 1. The highest BCUT2D eigenvalue weighted by Crippen LogP contribution is 2.31. The molecule has 1 aromatic carbocycles. The molecule has 1 aromatic heterocycles. The van der Waals surface area contributed by atoms with Gasteiger partial charge < -0.3 is 19.1 Å². The fourth-order valence-electron chi connectivity index (χ4n) is 2.43. The number of nitrogens with zero attached hydrogens (tertiary/aromatic N) is 2. The molecule has 0 saturated carbocycles. The average Bonchev–Trinajstić information content (AvgIpc) is 2.97. The Morgan fingerprint density at radius 1 is 1.38 bits per heavy atom. The molecule has 1 unspecified atom stereocenters. The van der Waals surface area contributed by atoms with E-state index in [1.54, 1.807) is 25.3 Å². The fraction of sp³-hybridized carbons (Fsp3) is 0.467. The Hall–Kier alpha value is -2.08. The van der Waals surface area contributed by atoms with Crippen molar-refractivity contribution in [2.24, 2.45) is 0 Å². The van der Waals surface area contributed by atoms with Gasteiger partial charge >= 0.3 is 0 Å². The third kappa shape index (κ3) is 3.16. The summed E-state index contributed by atoms with van der Waals surface area (Å²) >= 11 is 0. The van der Waals surface area contributed by atoms with Crippen LogP contribution in [0.4, 0.5) is 0 Å². The van der Waals surface area contributed by atoms with Crippen molar-refractivity contribution in [1.29, 1.82) is 0 Å². The lowest BCUT2D eigenvalue weighted by Crippen LogP contribution is -2.21. The van der Waals surface area contributed by atoms with E-state index in [1.807, 2.05) is 0 Å². The van der Waals surface area contributed by atoms with Gasteiger partial charge in [-0.25, -0.2) is 0 Å². The summed E-state index contributed by atoms with van der Waals surface area (Å²) in [5.74, 6) is 1.59. The van der Waals surface area contributed by atoms with Crippen LogP contribution in [0.25, 0.3) is 11.5 Å². The van der Waals surface area contributed by atoms with Gasteiger partial charge in [0.25, 0.3) is 5.89 Å². The van der Waals surface area contributed by atoms with E-state index in [2.05, 4.69) is 10.1 Å². The van der Waals surface area contributed by atoms with E-state index in [0.29, 0.717) is 23.6 Å². The van der Waals surface area contributed by atoms with E-state index in [0.717, 1.165) is 19.4 Å². The Morgan fingerprint density at radius 2 is 2.29 bits per heavy atom. The predicted octanol–water partition coefficient (Wildman–Crippen LogP) is 2.56. The van der Waals surface area contributed by atoms with Crippen LogP contribution in [-0.4, -0.2) is 35.1 Å². The quantitative estimate of drug-likeness (QED) is 0.932. The van der Waals surface area contributed by atoms with Crippen molar-refractivity contribution in [1.82, 2.24) is 10.1 Å². The number of benzene rings is 1. The summed E-state index contributed by atoms with van der Waals surface area (Å²) in [6, 6.07) is 4.89. The van der Waals surface area contributed by atoms with Gasteiger partial charge in [-0.3, -0.25) is 0 Å². The van der Waals surface area contributed by atoms with Crippen molar-refractivity contribution in [2.75, 3.05) is 13.7 Å². The maximum Gasteiger partial charge on any atom is 0.261 e. The molecule has 1 fully saturated rings. The molecule has 1 atom stereocenters. The zero-order valence-corrected chi connectivity index (χ0v) is 11.9. The second-order valence-corrected chi connectivity index (χ2v) is 5.09. The van der Waals surface area contributed by atoms with Crippen LogP contribution in [-0.2, 0) is 11.2 Å². The molecule has 2 aromatic rings. The molecule has 3 rings (SSSR count). The Labute approximate surface area is 122 Å². The van der Waals surface area contributed by atoms with Gasteiger partial charge in [0, 0.05) is 13.0 Å². The number of methoxy groups -OCH3 is 1. The van der Waals surface area contributed by atoms with Crippen LogP contribution in [0.5, 0.6) is 11.5 Å². The smallest absolute Gasteiger partial charge is 0.261 e. The molecule has 0 amide bonds. The van der Waals surface area contributed by atoms with Crippen LogP contribution in [0.1, 0.15) is 25.1 Å². The summed E-state index contributed by atoms with van der Waals surface area (Å²) in [6.07, 6.45) is 4.10. The van der Waals surface area contributed by atoms with Gasteiger partial charge in [-0.2, -0.15) is 4.98 Å². The zero-order valence-electron chi connectivity index (χ0n) is 11.9. The van der Waals surface area contributed by atoms with Crippen LogP contribution < -0.4 is 4.74 Å². The number of phenolic OH excluding ortho intramolecular Hbond substituents is 1. The molecular formula is C15H18N2O4. The monoisotopic (exact) mass is 290 g/mol. The highest BCUT2D eigenvalue weighted by molar-refractivity contribution is 5.64. The lowest BCUT2D eigenvalue weighted by atomic mass is 10.1. The van der Waals surface area contributed by atoms with Crippen molar-refractivity contribution in [3.05, 3.63) is 24.0 Å². The lowest BCUT2D eigenvalue weighted by Gasteiger charge is -2.20. The second-order valence-electron chi connectivity index (χ2n) is 5.09. The van der Waals surface area contributed by atoms with E-state index >= 15 is 0 Å². The molecule has 1 aliphatic heterocycles. The normalized spacial score (nSPS) is 18.6. The zero-order chi connectivity index (χ0) is 14.7. The number of hydrogen-bond acceptors (Lipinski definition) is 6. The first-order valence-electron chi connectivity index (χ1n) is 7.08. The molecule has 6 nitrogen and oxygen atoms in total. The van der Waals surface area contributed by atoms with Crippen LogP contribution in [0.3, 0.4) is 0 Å². The summed E-state index contributed by atoms with van der Waals surface area (Å²) in [4.78, 5) is 4.34. The number of phenols is 1. The molecule has 112 valence electrons. The lowest BCUT2D eigenvalue weighted by molar-refractivity contribution is 0.0153. The molecule has 0 spiro atoms. The molecule has 1 N–H and O–H groups in total. The summed E-state index contributed by atoms with van der Waals surface area (Å²) in [7, 11) is 1.57. The van der Waals surface area contributed by atoms with Gasteiger partial charge in [-0.1, -0.05) is 5.16 Å². The number of aromatic nitrogens is 2. The molecule has 0 bridgehead atoms. The van der Waals surface area contributed by atoms with E-state index in [9.17, 15) is 5.11 Å². The van der Waals surface area contributed by atoms with Crippen molar-refractivity contribution in [3.8, 4) is 23.0 Å². The summed E-state index contributed by atoms with van der Waals surface area (Å²) in [5.41, 5.74) is 0.470. The molecule has 1 aliphatic rings. The third-order valence-electron chi connectivity index (χ3n) is 3.59. The van der Waals surface area contributed by atoms with Crippen molar-refractivity contribution >= 4 is 0 Å². The highest BCUT2D eigenvalue weighted by atomic mass is 16.5. The Morgan fingerprint density at radius 3 is 3.05 bits per heavy atom. The maximum absolute atomic E-state index is 9.91. The van der Waals surface area contributed by atoms with E-state index in [4.69, 9.17) is 14.0 Å². The Balaban J connectivity index is 1.77. The van der Waals surface area contributed by atoms with Gasteiger partial charge in [0.15, 0.2) is 5.82 Å². The van der Waals surface area contributed by atoms with E-state index in [-0.39, 0.29) is 17.7 Å². The van der Waals surface area contributed by atoms with Crippen molar-refractivity contribution in [3.63, 3.8) is 0 Å². The average molecular weight is 290 g/mol. The van der Waals surface area contributed by atoms with Gasteiger partial charge in [-0.15, -0.1) is 0 Å². The van der Waals surface area contributed by atoms with Gasteiger partial charge in [0.05, 0.1) is 18.8 Å². The number of ether oxygens (including phenoxy) is 2. The topological polar surface area (TPSA) is 77.6 Å². The van der Waals surface area contributed by atoms with Gasteiger partial charge in [0.2, 0.25) is 0 Å². The SMILES string of the molecule is COc1ccc(O)c(-c2nc(CC3CCCCO3)no2)c1. The van der Waals surface area contributed by atoms with E-state index < -0.39 is 0 Å². The van der Waals surface area contributed by atoms with Crippen molar-refractivity contribution in [2.45, 2.75) is 31.8 Å². The minimum absolute atomic E-state index is 0.0833. The Bertz CT molecular complexity index is 605. The molecule has 6 heteroatoms. The highest BCUT2D eigenvalue weighted by Gasteiger charge is 2.19. The molecule has 1 saturated heterocycles. The molecule has 0 aliphatic carbocycles. The first-order chi connectivity index (χ1) is 10.3. The number of rotatable bonds is 4. The summed E-state index contributed by atoms with van der Waals surface area (Å²) < 4.78 is 16.0. The first kappa shape index (κ1) is 13.9. The van der Waals surface area contributed by atoms with Gasteiger partial charge in [-0.05, 0) is 37.5 Å². The van der Waals surface area contributed by atoms with Crippen LogP contribution in [0.15, 0.2) is 22.7 Å². The minimum Gasteiger partial charge on any atom is -0.507 e. The standard InChI is InChI=1S/C15H18N2O4/c1-19-10-5-6-13(18)12(8-10)15-16-14(17-21-15)9-11-4-2-3-7-20-11/h5-6,8,11,18H,2-4,7,9H2,1H3. The maximum atomic E-state index is 9.91.